The van der Waals surface area contributed by atoms with Crippen LogP contribution in [0.1, 0.15) is 31.9 Å². The summed E-state index contributed by atoms with van der Waals surface area (Å²) in [6, 6.07) is 5.65. The smallest absolute Gasteiger partial charge is 0.237 e. The van der Waals surface area contributed by atoms with Gasteiger partial charge in [0.1, 0.15) is 5.82 Å². The second kappa shape index (κ2) is 6.86. The number of hydrogen-bond donors (Lipinski definition) is 2. The first-order valence-electron chi connectivity index (χ1n) is 6.16. The van der Waals surface area contributed by atoms with E-state index in [4.69, 9.17) is 5.26 Å². The first-order chi connectivity index (χ1) is 8.93. The number of nitriles is 1. The van der Waals surface area contributed by atoms with Gasteiger partial charge in [0.05, 0.1) is 17.7 Å². The molecule has 1 amide bonds. The van der Waals surface area contributed by atoms with Crippen LogP contribution in [0.4, 0.5) is 4.39 Å². The monoisotopic (exact) mass is 263 g/mol. The summed E-state index contributed by atoms with van der Waals surface area (Å²) in [6.45, 7) is 5.76. The Morgan fingerprint density at radius 3 is 2.68 bits per heavy atom. The van der Waals surface area contributed by atoms with Crippen LogP contribution >= 0.6 is 0 Å². The Morgan fingerprint density at radius 2 is 2.11 bits per heavy atom. The molecule has 1 unspecified atom stereocenters. The molecule has 0 heterocycles. The number of nitrogens with zero attached hydrogens (tertiary/aromatic N) is 1. The van der Waals surface area contributed by atoms with Crippen LogP contribution in [-0.4, -0.2) is 18.0 Å². The molecule has 1 aromatic carbocycles. The standard InChI is InChI=1S/C14H18FN3O/c1-9(2)18-14(19)10(3)17-8-12-6-13(15)5-4-11(12)7-16/h4-6,9-10,17H,8H2,1-3H3,(H,18,19). The first-order valence-corrected chi connectivity index (χ1v) is 6.16. The van der Waals surface area contributed by atoms with E-state index in [0.29, 0.717) is 11.1 Å². The van der Waals surface area contributed by atoms with Gasteiger partial charge < -0.3 is 10.6 Å². The van der Waals surface area contributed by atoms with Gasteiger partial charge in [-0.2, -0.15) is 5.26 Å². The number of carbonyl (C=O) groups is 1. The lowest BCUT2D eigenvalue weighted by atomic mass is 10.1. The molecule has 4 nitrogen and oxygen atoms in total. The Kier molecular flexibility index (Phi) is 5.46. The minimum Gasteiger partial charge on any atom is -0.353 e. The molecule has 0 saturated carbocycles. The Hall–Kier alpha value is -1.93. The van der Waals surface area contributed by atoms with Crippen molar-refractivity contribution >= 4 is 5.91 Å². The second-order valence-electron chi connectivity index (χ2n) is 4.68. The van der Waals surface area contributed by atoms with E-state index in [1.54, 1.807) is 6.92 Å². The quantitative estimate of drug-likeness (QED) is 0.849. The van der Waals surface area contributed by atoms with Crippen molar-refractivity contribution in [3.05, 3.63) is 35.1 Å². The van der Waals surface area contributed by atoms with Crippen molar-refractivity contribution < 1.29 is 9.18 Å². The van der Waals surface area contributed by atoms with Crippen molar-refractivity contribution in [3.8, 4) is 6.07 Å². The molecule has 0 radical (unpaired) electrons. The molecule has 0 aliphatic rings. The van der Waals surface area contributed by atoms with Crippen molar-refractivity contribution in [3.63, 3.8) is 0 Å². The molecule has 1 aromatic rings. The second-order valence-corrected chi connectivity index (χ2v) is 4.68. The number of hydrogen-bond acceptors (Lipinski definition) is 3. The highest BCUT2D eigenvalue weighted by Crippen LogP contribution is 2.10. The van der Waals surface area contributed by atoms with Gasteiger partial charge in [-0.25, -0.2) is 4.39 Å². The topological polar surface area (TPSA) is 64.9 Å². The molecule has 1 atom stereocenters. The summed E-state index contributed by atoms with van der Waals surface area (Å²) in [5.74, 6) is -0.514. The van der Waals surface area contributed by atoms with E-state index < -0.39 is 11.9 Å². The van der Waals surface area contributed by atoms with E-state index in [9.17, 15) is 9.18 Å². The maximum Gasteiger partial charge on any atom is 0.237 e. The molecule has 102 valence electrons. The molecule has 1 rings (SSSR count). The minimum atomic E-state index is -0.405. The lowest BCUT2D eigenvalue weighted by Crippen LogP contribution is -2.44. The minimum absolute atomic E-state index is 0.0700. The van der Waals surface area contributed by atoms with Gasteiger partial charge in [0.15, 0.2) is 0 Å². The lowest BCUT2D eigenvalue weighted by molar-refractivity contribution is -0.123. The molecule has 0 aliphatic heterocycles. The molecule has 19 heavy (non-hydrogen) atoms. The third kappa shape index (κ3) is 4.68. The normalized spacial score (nSPS) is 12.0. The molecular weight excluding hydrogens is 245 g/mol. The molecule has 0 bridgehead atoms. The van der Waals surface area contributed by atoms with Crippen molar-refractivity contribution in [2.75, 3.05) is 0 Å². The zero-order valence-corrected chi connectivity index (χ0v) is 11.3. The third-order valence-corrected chi connectivity index (χ3v) is 2.61. The highest BCUT2D eigenvalue weighted by Gasteiger charge is 2.13. The van der Waals surface area contributed by atoms with E-state index in [1.165, 1.54) is 18.2 Å². The predicted octanol–water partition coefficient (Wildman–Crippen LogP) is 1.70. The zero-order valence-electron chi connectivity index (χ0n) is 11.3. The summed E-state index contributed by atoms with van der Waals surface area (Å²) in [5, 5.41) is 14.7. The Bertz CT molecular complexity index is 494. The number of amides is 1. The number of nitrogens with one attached hydrogen (secondary N) is 2. The van der Waals surface area contributed by atoms with Crippen LogP contribution in [0.15, 0.2) is 18.2 Å². The average Bonchev–Trinajstić information content (AvgIpc) is 2.35. The fourth-order valence-electron chi connectivity index (χ4n) is 1.58. The van der Waals surface area contributed by atoms with E-state index in [1.807, 2.05) is 19.9 Å². The molecule has 0 aromatic heterocycles. The fraction of sp³-hybridized carbons (Fsp3) is 0.429. The Balaban J connectivity index is 2.64. The van der Waals surface area contributed by atoms with Gasteiger partial charge in [-0.3, -0.25) is 4.79 Å². The van der Waals surface area contributed by atoms with Crippen molar-refractivity contribution in [2.24, 2.45) is 0 Å². The molecule has 0 spiro atoms. The maximum absolute atomic E-state index is 13.1. The van der Waals surface area contributed by atoms with E-state index in [0.717, 1.165) is 0 Å². The van der Waals surface area contributed by atoms with Gasteiger partial charge in [0.2, 0.25) is 5.91 Å². The van der Waals surface area contributed by atoms with Crippen LogP contribution in [0.2, 0.25) is 0 Å². The molecule has 0 aliphatic carbocycles. The highest BCUT2D eigenvalue weighted by atomic mass is 19.1. The SMILES string of the molecule is CC(C)NC(=O)C(C)NCc1cc(F)ccc1C#N. The number of rotatable bonds is 5. The summed E-state index contributed by atoms with van der Waals surface area (Å²) in [6.07, 6.45) is 0. The fourth-order valence-corrected chi connectivity index (χ4v) is 1.58. The summed E-state index contributed by atoms with van der Waals surface area (Å²) in [4.78, 5) is 11.7. The van der Waals surface area contributed by atoms with E-state index in [-0.39, 0.29) is 18.5 Å². The summed E-state index contributed by atoms with van der Waals surface area (Å²) in [7, 11) is 0. The molecule has 5 heteroatoms. The van der Waals surface area contributed by atoms with Crippen molar-refractivity contribution in [1.82, 2.24) is 10.6 Å². The summed E-state index contributed by atoms with van der Waals surface area (Å²) >= 11 is 0. The number of halogens is 1. The lowest BCUT2D eigenvalue weighted by Gasteiger charge is -2.16. The third-order valence-electron chi connectivity index (χ3n) is 2.61. The van der Waals surface area contributed by atoms with Crippen molar-refractivity contribution in [2.45, 2.75) is 39.4 Å². The van der Waals surface area contributed by atoms with E-state index in [2.05, 4.69) is 10.6 Å². The van der Waals surface area contributed by atoms with E-state index >= 15 is 0 Å². The van der Waals surface area contributed by atoms with Crippen LogP contribution in [0.25, 0.3) is 0 Å². The molecule has 0 saturated heterocycles. The van der Waals surface area contributed by atoms with Crippen LogP contribution < -0.4 is 10.6 Å². The number of benzene rings is 1. The van der Waals surface area contributed by atoms with Crippen LogP contribution in [-0.2, 0) is 11.3 Å². The summed E-state index contributed by atoms with van der Waals surface area (Å²) in [5.41, 5.74) is 0.956. The molecular formula is C14H18FN3O. The molecule has 2 N–H and O–H groups in total. The van der Waals surface area contributed by atoms with Gasteiger partial charge in [-0.15, -0.1) is 0 Å². The largest absolute Gasteiger partial charge is 0.353 e. The zero-order chi connectivity index (χ0) is 14.4. The van der Waals surface area contributed by atoms with Gasteiger partial charge in [0.25, 0.3) is 0 Å². The first kappa shape index (κ1) is 15.1. The van der Waals surface area contributed by atoms with Gasteiger partial charge >= 0.3 is 0 Å². The maximum atomic E-state index is 13.1. The predicted molar refractivity (Wildman–Crippen MR) is 70.7 cm³/mol. The Labute approximate surface area is 112 Å². The van der Waals surface area contributed by atoms with Gasteiger partial charge in [-0.1, -0.05) is 0 Å². The van der Waals surface area contributed by atoms with Crippen LogP contribution in [0.3, 0.4) is 0 Å². The average molecular weight is 263 g/mol. The van der Waals surface area contributed by atoms with Crippen LogP contribution in [0.5, 0.6) is 0 Å². The number of carbonyl (C=O) groups excluding carboxylic acids is 1. The molecule has 0 fully saturated rings. The van der Waals surface area contributed by atoms with Crippen molar-refractivity contribution in [1.29, 1.82) is 5.26 Å². The van der Waals surface area contributed by atoms with Gasteiger partial charge in [-0.05, 0) is 44.5 Å². The summed E-state index contributed by atoms with van der Waals surface area (Å²) < 4.78 is 13.1. The van der Waals surface area contributed by atoms with Crippen LogP contribution in [0, 0.1) is 17.1 Å². The van der Waals surface area contributed by atoms with Gasteiger partial charge in [0, 0.05) is 12.6 Å². The Morgan fingerprint density at radius 1 is 1.42 bits per heavy atom. The highest BCUT2D eigenvalue weighted by molar-refractivity contribution is 5.81.